The summed E-state index contributed by atoms with van der Waals surface area (Å²) in [6, 6.07) is 15.9. The van der Waals surface area contributed by atoms with Gasteiger partial charge < -0.3 is 0 Å². The molecule has 84 valence electrons. The molecule has 4 rings (SSSR count). The van der Waals surface area contributed by atoms with Crippen LogP contribution in [0.25, 0.3) is 21.9 Å². The summed E-state index contributed by atoms with van der Waals surface area (Å²) in [5.41, 5.74) is 1.91. The molecule has 0 saturated heterocycles. The Bertz CT molecular complexity index is 632. The van der Waals surface area contributed by atoms with Crippen molar-refractivity contribution in [3.05, 3.63) is 60.5 Å². The number of hydrogen-bond donors (Lipinski definition) is 0. The van der Waals surface area contributed by atoms with Crippen LogP contribution in [0.4, 0.5) is 0 Å². The monoisotopic (exact) mass is 232 g/mol. The predicted molar refractivity (Wildman–Crippen MR) is 75.1 cm³/mol. The summed E-state index contributed by atoms with van der Waals surface area (Å²) in [5.74, 6) is 3.91. The molecule has 2 aromatic heterocycles. The van der Waals surface area contributed by atoms with Crippen molar-refractivity contribution in [2.24, 2.45) is 0 Å². The second-order valence-electron chi connectivity index (χ2n) is 3.92. The van der Waals surface area contributed by atoms with Crippen molar-refractivity contribution in [1.29, 1.82) is 0 Å². The van der Waals surface area contributed by atoms with Gasteiger partial charge in [0.15, 0.2) is 0 Å². The van der Waals surface area contributed by atoms with Crippen molar-refractivity contribution in [3.8, 4) is 0 Å². The fourth-order valence-corrected chi connectivity index (χ4v) is 1.81. The molecule has 18 heavy (non-hydrogen) atoms. The average Bonchev–Trinajstić information content (AvgIpc) is 3.08. The third-order valence-electron chi connectivity index (χ3n) is 2.72. The van der Waals surface area contributed by atoms with Crippen LogP contribution in [-0.4, -0.2) is 14.3 Å². The van der Waals surface area contributed by atoms with Gasteiger partial charge in [0, 0.05) is 0 Å². The molecule has 0 aliphatic rings. The summed E-state index contributed by atoms with van der Waals surface area (Å²) in [4.78, 5) is 0. The minimum absolute atomic E-state index is 0.956. The molecule has 0 aliphatic carbocycles. The summed E-state index contributed by atoms with van der Waals surface area (Å²) >= 11 is 0. The zero-order chi connectivity index (χ0) is 12.2. The average molecular weight is 232 g/mol. The molecule has 2 heterocycles. The zero-order valence-electron chi connectivity index (χ0n) is 9.74. The van der Waals surface area contributed by atoms with Gasteiger partial charge in [-0.3, -0.25) is 0 Å². The molecule has 0 bridgehead atoms. The van der Waals surface area contributed by atoms with E-state index in [1.165, 1.54) is 0 Å². The Morgan fingerprint density at radius 2 is 1.06 bits per heavy atom. The minimum atomic E-state index is 0.956. The molecular formula is C14H10B2O2. The predicted octanol–water partition coefficient (Wildman–Crippen LogP) is 3.54. The first-order valence-corrected chi connectivity index (χ1v) is 5.78. The van der Waals surface area contributed by atoms with Crippen molar-refractivity contribution in [1.82, 2.24) is 0 Å². The number of hydrogen-bond acceptors (Lipinski definition) is 2. The molecule has 4 heteroatoms. The molecule has 0 spiro atoms. The van der Waals surface area contributed by atoms with Gasteiger partial charge in [0.2, 0.25) is 0 Å². The Labute approximate surface area is 106 Å². The van der Waals surface area contributed by atoms with Gasteiger partial charge in [0.05, 0.1) is 0 Å². The molecular weight excluding hydrogens is 222 g/mol. The number of benzene rings is 2. The Morgan fingerprint density at radius 1 is 0.611 bits per heavy atom. The summed E-state index contributed by atoms with van der Waals surface area (Å²) in [5, 5.41) is 2.33. The number of fused-ring (bicyclic) bond motifs is 2. The molecule has 0 saturated carbocycles. The van der Waals surface area contributed by atoms with Crippen LogP contribution in [0.5, 0.6) is 0 Å². The Morgan fingerprint density at radius 3 is 1.50 bits per heavy atom. The van der Waals surface area contributed by atoms with E-state index in [1.54, 1.807) is 14.3 Å². The maximum absolute atomic E-state index is 5.12. The standard InChI is InChI=1S/2C7H5BO/c2*1-2-4-7-6(3-1)5-8-9-7/h2*1-5H. The summed E-state index contributed by atoms with van der Waals surface area (Å²) < 4.78 is 10.2. The first-order chi connectivity index (χ1) is 8.93. The van der Waals surface area contributed by atoms with E-state index < -0.39 is 0 Å². The first kappa shape index (κ1) is 11.0. The van der Waals surface area contributed by atoms with E-state index in [9.17, 15) is 0 Å². The molecule has 0 amide bonds. The molecule has 0 N–H and O–H groups in total. The second kappa shape index (κ2) is 5.05. The van der Waals surface area contributed by atoms with Gasteiger partial charge in [-0.2, -0.15) is 0 Å². The molecule has 0 atom stereocenters. The van der Waals surface area contributed by atoms with Crippen LogP contribution in [0.1, 0.15) is 0 Å². The molecule has 0 unspecified atom stereocenters. The summed E-state index contributed by atoms with van der Waals surface area (Å²) in [6.45, 7) is 0. The van der Waals surface area contributed by atoms with Crippen LogP contribution in [0.2, 0.25) is 0 Å². The quantitative estimate of drug-likeness (QED) is 0.463. The molecule has 2 nitrogen and oxygen atoms in total. The van der Waals surface area contributed by atoms with Crippen LogP contribution in [0, 0.1) is 0 Å². The topological polar surface area (TPSA) is 26.3 Å². The van der Waals surface area contributed by atoms with E-state index in [1.807, 2.05) is 60.5 Å². The maximum atomic E-state index is 5.12. The van der Waals surface area contributed by atoms with E-state index in [4.69, 9.17) is 8.66 Å². The van der Waals surface area contributed by atoms with Gasteiger partial charge in [0.1, 0.15) is 0 Å². The Balaban J connectivity index is 0.000000111. The number of rotatable bonds is 0. The Kier molecular flexibility index (Phi) is 3.09. The van der Waals surface area contributed by atoms with E-state index in [0.29, 0.717) is 0 Å². The SMILES string of the molecule is b1cc2ccccc2o1.b1cc2ccccc2o1. The van der Waals surface area contributed by atoms with Crippen molar-refractivity contribution in [3.63, 3.8) is 0 Å². The van der Waals surface area contributed by atoms with Gasteiger partial charge in [-0.1, -0.05) is 0 Å². The summed E-state index contributed by atoms with van der Waals surface area (Å²) in [7, 11) is 3.40. The fourth-order valence-electron chi connectivity index (χ4n) is 1.81. The van der Waals surface area contributed by atoms with Gasteiger partial charge in [0.25, 0.3) is 0 Å². The van der Waals surface area contributed by atoms with E-state index in [2.05, 4.69) is 0 Å². The van der Waals surface area contributed by atoms with E-state index in [-0.39, 0.29) is 0 Å². The van der Waals surface area contributed by atoms with E-state index >= 15 is 0 Å². The van der Waals surface area contributed by atoms with Crippen LogP contribution in [-0.2, 0) is 0 Å². The molecule has 4 aromatic rings. The van der Waals surface area contributed by atoms with Gasteiger partial charge in [-0.15, -0.1) is 0 Å². The van der Waals surface area contributed by atoms with Gasteiger partial charge in [-0.25, -0.2) is 0 Å². The fraction of sp³-hybridized carbons (Fsp3) is 0. The molecule has 0 fully saturated rings. The number of para-hydroxylation sites is 2. The van der Waals surface area contributed by atoms with Crippen LogP contribution in [0.15, 0.2) is 69.1 Å². The summed E-state index contributed by atoms with van der Waals surface area (Å²) in [6.07, 6.45) is 0. The van der Waals surface area contributed by atoms with Crippen molar-refractivity contribution in [2.75, 3.05) is 0 Å². The van der Waals surface area contributed by atoms with Crippen LogP contribution < -0.4 is 0 Å². The van der Waals surface area contributed by atoms with Gasteiger partial charge in [-0.05, 0) is 0 Å². The molecule has 0 aliphatic heterocycles. The van der Waals surface area contributed by atoms with Gasteiger partial charge >= 0.3 is 105 Å². The Hall–Kier alpha value is -2.09. The van der Waals surface area contributed by atoms with Crippen molar-refractivity contribution >= 4 is 36.2 Å². The van der Waals surface area contributed by atoms with Crippen LogP contribution in [0.3, 0.4) is 0 Å². The first-order valence-electron chi connectivity index (χ1n) is 5.78. The van der Waals surface area contributed by atoms with Crippen molar-refractivity contribution in [2.45, 2.75) is 0 Å². The van der Waals surface area contributed by atoms with Crippen LogP contribution >= 0.6 is 0 Å². The third kappa shape index (κ3) is 2.28. The molecule has 2 aromatic carbocycles. The molecule has 0 radical (unpaired) electrons. The normalized spacial score (nSPS) is 9.78. The third-order valence-corrected chi connectivity index (χ3v) is 2.72. The van der Waals surface area contributed by atoms with E-state index in [0.717, 1.165) is 21.9 Å². The second-order valence-corrected chi connectivity index (χ2v) is 3.92. The van der Waals surface area contributed by atoms with Crippen molar-refractivity contribution < 1.29 is 8.66 Å². The zero-order valence-corrected chi connectivity index (χ0v) is 9.74.